The zero-order chi connectivity index (χ0) is 13.0. The van der Waals surface area contributed by atoms with Gasteiger partial charge in [-0.1, -0.05) is 6.92 Å². The maximum atomic E-state index is 11.2. The Balaban J connectivity index is 1.81. The molecule has 18 heavy (non-hydrogen) atoms. The van der Waals surface area contributed by atoms with Crippen LogP contribution in [0.3, 0.4) is 0 Å². The lowest BCUT2D eigenvalue weighted by Gasteiger charge is -2.38. The molecular formula is C13H18N2O3. The number of esters is 1. The van der Waals surface area contributed by atoms with E-state index in [-0.39, 0.29) is 11.4 Å². The molecule has 0 unspecified atom stereocenters. The van der Waals surface area contributed by atoms with Gasteiger partial charge in [0, 0.05) is 24.7 Å². The van der Waals surface area contributed by atoms with Gasteiger partial charge in [-0.05, 0) is 12.1 Å². The third kappa shape index (κ3) is 3.05. The van der Waals surface area contributed by atoms with Crippen LogP contribution in [0.25, 0.3) is 0 Å². The van der Waals surface area contributed by atoms with Gasteiger partial charge in [-0.25, -0.2) is 4.79 Å². The fourth-order valence-corrected chi connectivity index (χ4v) is 1.81. The van der Waals surface area contributed by atoms with Crippen molar-refractivity contribution in [3.05, 3.63) is 29.6 Å². The second kappa shape index (κ2) is 5.46. The quantitative estimate of drug-likeness (QED) is 0.790. The maximum Gasteiger partial charge on any atom is 0.339 e. The predicted octanol–water partition coefficient (Wildman–Crippen LogP) is 0.994. The molecule has 0 amide bonds. The van der Waals surface area contributed by atoms with Crippen molar-refractivity contribution in [3.8, 4) is 0 Å². The van der Waals surface area contributed by atoms with Crippen LogP contribution >= 0.6 is 0 Å². The van der Waals surface area contributed by atoms with Gasteiger partial charge >= 0.3 is 5.97 Å². The number of hydrogen-bond donors (Lipinski definition) is 1. The lowest BCUT2D eigenvalue weighted by atomic mass is 9.89. The number of carbonyl (C=O) groups excluding carboxylic acids is 1. The van der Waals surface area contributed by atoms with Gasteiger partial charge in [0.25, 0.3) is 0 Å². The summed E-state index contributed by atoms with van der Waals surface area (Å²) in [6.07, 6.45) is 1.54. The highest BCUT2D eigenvalue weighted by Gasteiger charge is 2.32. The molecule has 98 valence electrons. The van der Waals surface area contributed by atoms with E-state index in [0.717, 1.165) is 25.5 Å². The second-order valence-corrected chi connectivity index (χ2v) is 4.94. The highest BCUT2D eigenvalue weighted by Crippen LogP contribution is 2.25. The minimum Gasteiger partial charge on any atom is -0.465 e. The molecule has 5 nitrogen and oxygen atoms in total. The van der Waals surface area contributed by atoms with Crippen molar-refractivity contribution >= 4 is 5.97 Å². The number of nitrogens with one attached hydrogen (secondary N) is 1. The van der Waals surface area contributed by atoms with Crippen molar-refractivity contribution in [1.82, 2.24) is 10.3 Å². The lowest BCUT2D eigenvalue weighted by Crippen LogP contribution is -2.47. The van der Waals surface area contributed by atoms with Crippen LogP contribution in [0.15, 0.2) is 18.3 Å². The van der Waals surface area contributed by atoms with Gasteiger partial charge in [-0.15, -0.1) is 0 Å². The molecule has 0 aromatic carbocycles. The molecule has 1 aliphatic heterocycles. The average Bonchev–Trinajstić information content (AvgIpc) is 2.36. The van der Waals surface area contributed by atoms with Crippen molar-refractivity contribution in [2.75, 3.05) is 26.9 Å². The van der Waals surface area contributed by atoms with Crippen molar-refractivity contribution in [1.29, 1.82) is 0 Å². The number of hydrogen-bond acceptors (Lipinski definition) is 5. The van der Waals surface area contributed by atoms with E-state index in [1.54, 1.807) is 6.07 Å². The Kier molecular flexibility index (Phi) is 3.93. The van der Waals surface area contributed by atoms with E-state index in [9.17, 15) is 4.79 Å². The second-order valence-electron chi connectivity index (χ2n) is 4.94. The van der Waals surface area contributed by atoms with Gasteiger partial charge < -0.3 is 14.8 Å². The summed E-state index contributed by atoms with van der Waals surface area (Å²) in [5, 5.41) is 3.35. The minimum atomic E-state index is -0.360. The summed E-state index contributed by atoms with van der Waals surface area (Å²) in [7, 11) is 1.36. The van der Waals surface area contributed by atoms with Gasteiger partial charge in [-0.2, -0.15) is 0 Å². The summed E-state index contributed by atoms with van der Waals surface area (Å²) in [5.74, 6) is -0.360. The van der Waals surface area contributed by atoms with Crippen molar-refractivity contribution in [3.63, 3.8) is 0 Å². The molecule has 1 saturated heterocycles. The summed E-state index contributed by atoms with van der Waals surface area (Å²) in [6.45, 7) is 5.42. The first kappa shape index (κ1) is 13.0. The third-order valence-electron chi connectivity index (χ3n) is 3.00. The zero-order valence-electron chi connectivity index (χ0n) is 10.7. The number of aromatic nitrogens is 1. The van der Waals surface area contributed by atoms with E-state index in [2.05, 4.69) is 22.0 Å². The highest BCUT2D eigenvalue weighted by molar-refractivity contribution is 5.88. The zero-order valence-corrected chi connectivity index (χ0v) is 10.7. The summed E-state index contributed by atoms with van der Waals surface area (Å²) >= 11 is 0. The van der Waals surface area contributed by atoms with Crippen LogP contribution in [0.2, 0.25) is 0 Å². The third-order valence-corrected chi connectivity index (χ3v) is 3.00. The molecule has 0 bridgehead atoms. The first-order valence-electron chi connectivity index (χ1n) is 5.95. The Hall–Kier alpha value is -1.46. The molecule has 1 aliphatic rings. The van der Waals surface area contributed by atoms with Gasteiger partial charge in [0.05, 0.1) is 31.6 Å². The fraction of sp³-hybridized carbons (Fsp3) is 0.538. The predicted molar refractivity (Wildman–Crippen MR) is 66.2 cm³/mol. The molecule has 2 rings (SSSR count). The number of nitrogens with zero attached hydrogens (tertiary/aromatic N) is 1. The molecular weight excluding hydrogens is 232 g/mol. The van der Waals surface area contributed by atoms with Gasteiger partial charge in [0.15, 0.2) is 0 Å². The average molecular weight is 250 g/mol. The van der Waals surface area contributed by atoms with Crippen LogP contribution in [0, 0.1) is 5.41 Å². The SMILES string of the molecule is COC(=O)c1ccc(CNCC2(C)COC2)nc1. The fourth-order valence-electron chi connectivity index (χ4n) is 1.81. The van der Waals surface area contributed by atoms with E-state index in [1.165, 1.54) is 13.3 Å². The van der Waals surface area contributed by atoms with Crippen LogP contribution in [-0.4, -0.2) is 37.8 Å². The number of methoxy groups -OCH3 is 1. The standard InChI is InChI=1S/C13H18N2O3/c1-13(8-18-9-13)7-14-6-11-4-3-10(5-15-11)12(16)17-2/h3-5,14H,6-9H2,1-2H3. The molecule has 5 heteroatoms. The summed E-state index contributed by atoms with van der Waals surface area (Å²) in [6, 6.07) is 3.56. The largest absolute Gasteiger partial charge is 0.465 e. The Morgan fingerprint density at radius 3 is 2.83 bits per heavy atom. The van der Waals surface area contributed by atoms with Gasteiger partial charge in [0.1, 0.15) is 0 Å². The molecule has 2 heterocycles. The van der Waals surface area contributed by atoms with Crippen LogP contribution < -0.4 is 5.32 Å². The van der Waals surface area contributed by atoms with Gasteiger partial charge in [0.2, 0.25) is 0 Å². The summed E-state index contributed by atoms with van der Waals surface area (Å²) < 4.78 is 9.80. The Labute approximate surface area is 107 Å². The van der Waals surface area contributed by atoms with Gasteiger partial charge in [-0.3, -0.25) is 4.98 Å². The molecule has 0 aliphatic carbocycles. The lowest BCUT2D eigenvalue weighted by molar-refractivity contribution is -0.0991. The van der Waals surface area contributed by atoms with Crippen LogP contribution in [0.5, 0.6) is 0 Å². The van der Waals surface area contributed by atoms with Crippen LogP contribution in [0.1, 0.15) is 23.0 Å². The summed E-state index contributed by atoms with van der Waals surface area (Å²) in [5.41, 5.74) is 1.64. The number of ether oxygens (including phenoxy) is 2. The van der Waals surface area contributed by atoms with Crippen molar-refractivity contribution in [2.24, 2.45) is 5.41 Å². The molecule has 0 spiro atoms. The van der Waals surface area contributed by atoms with Crippen molar-refractivity contribution < 1.29 is 14.3 Å². The van der Waals surface area contributed by atoms with E-state index < -0.39 is 0 Å². The topological polar surface area (TPSA) is 60.5 Å². The van der Waals surface area contributed by atoms with E-state index in [0.29, 0.717) is 12.1 Å². The monoisotopic (exact) mass is 250 g/mol. The van der Waals surface area contributed by atoms with E-state index >= 15 is 0 Å². The molecule has 0 atom stereocenters. The maximum absolute atomic E-state index is 11.2. The normalized spacial score (nSPS) is 17.0. The number of pyridine rings is 1. The molecule has 1 aromatic heterocycles. The smallest absolute Gasteiger partial charge is 0.339 e. The number of carbonyl (C=O) groups is 1. The molecule has 1 fully saturated rings. The Morgan fingerprint density at radius 1 is 1.56 bits per heavy atom. The van der Waals surface area contributed by atoms with Crippen LogP contribution in [-0.2, 0) is 16.0 Å². The summed E-state index contributed by atoms with van der Waals surface area (Å²) in [4.78, 5) is 15.4. The van der Waals surface area contributed by atoms with Crippen LogP contribution in [0.4, 0.5) is 0 Å². The molecule has 0 radical (unpaired) electrons. The molecule has 1 N–H and O–H groups in total. The Bertz CT molecular complexity index is 413. The minimum absolute atomic E-state index is 0.256. The van der Waals surface area contributed by atoms with E-state index in [1.807, 2.05) is 6.07 Å². The number of rotatable bonds is 5. The van der Waals surface area contributed by atoms with E-state index in [4.69, 9.17) is 4.74 Å². The first-order chi connectivity index (χ1) is 8.63. The molecule has 1 aromatic rings. The van der Waals surface area contributed by atoms with Crippen molar-refractivity contribution in [2.45, 2.75) is 13.5 Å². The molecule has 0 saturated carbocycles. The highest BCUT2D eigenvalue weighted by atomic mass is 16.5. The first-order valence-corrected chi connectivity index (χ1v) is 5.95. The Morgan fingerprint density at radius 2 is 2.33 bits per heavy atom.